The van der Waals surface area contributed by atoms with Gasteiger partial charge in [0.05, 0.1) is 19.3 Å². The van der Waals surface area contributed by atoms with Gasteiger partial charge in [-0.1, -0.05) is 11.6 Å². The molecule has 0 aliphatic carbocycles. The second kappa shape index (κ2) is 9.02. The molecule has 106 valence electrons. The Bertz CT molecular complexity index is 413. The Morgan fingerprint density at radius 2 is 2.16 bits per heavy atom. The molecular formula is C13H17Cl2NO3. The summed E-state index contributed by atoms with van der Waals surface area (Å²) < 4.78 is 10.3. The monoisotopic (exact) mass is 305 g/mol. The summed E-state index contributed by atoms with van der Waals surface area (Å²) in [6.07, 6.45) is 0.728. The number of hydrogen-bond donors (Lipinski definition) is 1. The maximum absolute atomic E-state index is 12.0. The van der Waals surface area contributed by atoms with Gasteiger partial charge in [-0.3, -0.25) is 4.79 Å². The van der Waals surface area contributed by atoms with Crippen molar-refractivity contribution in [3.63, 3.8) is 0 Å². The third-order valence-electron chi connectivity index (χ3n) is 2.38. The van der Waals surface area contributed by atoms with E-state index in [0.717, 1.165) is 6.42 Å². The molecular weight excluding hydrogens is 289 g/mol. The Morgan fingerprint density at radius 3 is 2.84 bits per heavy atom. The van der Waals surface area contributed by atoms with Gasteiger partial charge in [0.2, 0.25) is 0 Å². The zero-order valence-corrected chi connectivity index (χ0v) is 12.3. The van der Waals surface area contributed by atoms with E-state index in [1.807, 2.05) is 0 Å². The minimum Gasteiger partial charge on any atom is -0.496 e. The van der Waals surface area contributed by atoms with Crippen LogP contribution >= 0.6 is 23.2 Å². The number of amides is 1. The van der Waals surface area contributed by atoms with Crippen molar-refractivity contribution in [1.29, 1.82) is 0 Å². The number of carbonyl (C=O) groups is 1. The quantitative estimate of drug-likeness (QED) is 0.593. The second-order valence-corrected chi connectivity index (χ2v) is 4.57. The van der Waals surface area contributed by atoms with E-state index >= 15 is 0 Å². The fourth-order valence-electron chi connectivity index (χ4n) is 1.49. The summed E-state index contributed by atoms with van der Waals surface area (Å²) in [5.41, 5.74) is 0.427. The first-order valence-corrected chi connectivity index (χ1v) is 6.85. The SMILES string of the molecule is COc1ccc(Cl)cc1C(=O)NCCCOCCCl. The Balaban J connectivity index is 2.43. The Kier molecular flexibility index (Phi) is 7.63. The van der Waals surface area contributed by atoms with Gasteiger partial charge in [-0.15, -0.1) is 11.6 Å². The van der Waals surface area contributed by atoms with Gasteiger partial charge in [0.1, 0.15) is 5.75 Å². The molecule has 0 heterocycles. The third-order valence-corrected chi connectivity index (χ3v) is 2.77. The molecule has 0 aliphatic rings. The summed E-state index contributed by atoms with van der Waals surface area (Å²) in [5.74, 6) is 0.767. The van der Waals surface area contributed by atoms with Gasteiger partial charge in [-0.2, -0.15) is 0 Å². The molecule has 1 aromatic rings. The summed E-state index contributed by atoms with van der Waals surface area (Å²) >= 11 is 11.3. The zero-order valence-electron chi connectivity index (χ0n) is 10.7. The number of methoxy groups -OCH3 is 1. The third kappa shape index (κ3) is 5.68. The largest absolute Gasteiger partial charge is 0.496 e. The van der Waals surface area contributed by atoms with Gasteiger partial charge < -0.3 is 14.8 Å². The van der Waals surface area contributed by atoms with Crippen molar-refractivity contribution >= 4 is 29.1 Å². The smallest absolute Gasteiger partial charge is 0.255 e. The molecule has 0 saturated carbocycles. The van der Waals surface area contributed by atoms with Gasteiger partial charge in [0.15, 0.2) is 0 Å². The van der Waals surface area contributed by atoms with Crippen molar-refractivity contribution in [3.05, 3.63) is 28.8 Å². The fourth-order valence-corrected chi connectivity index (χ4v) is 1.77. The van der Waals surface area contributed by atoms with Crippen molar-refractivity contribution in [2.75, 3.05) is 32.7 Å². The van der Waals surface area contributed by atoms with Crippen molar-refractivity contribution in [2.45, 2.75) is 6.42 Å². The van der Waals surface area contributed by atoms with Crippen LogP contribution in [-0.4, -0.2) is 38.7 Å². The van der Waals surface area contributed by atoms with Crippen molar-refractivity contribution in [2.24, 2.45) is 0 Å². The molecule has 6 heteroatoms. The van der Waals surface area contributed by atoms with E-state index in [1.165, 1.54) is 7.11 Å². The van der Waals surface area contributed by atoms with E-state index < -0.39 is 0 Å². The van der Waals surface area contributed by atoms with E-state index in [-0.39, 0.29) is 5.91 Å². The molecule has 0 radical (unpaired) electrons. The minimum absolute atomic E-state index is 0.211. The van der Waals surface area contributed by atoms with Crippen LogP contribution in [0.4, 0.5) is 0 Å². The first-order chi connectivity index (χ1) is 9.19. The number of ether oxygens (including phenoxy) is 2. The molecule has 0 unspecified atom stereocenters. The molecule has 0 spiro atoms. The highest BCUT2D eigenvalue weighted by atomic mass is 35.5. The molecule has 1 N–H and O–H groups in total. The number of alkyl halides is 1. The number of benzene rings is 1. The predicted octanol–water partition coefficient (Wildman–Crippen LogP) is 2.72. The molecule has 0 fully saturated rings. The normalized spacial score (nSPS) is 10.3. The summed E-state index contributed by atoms with van der Waals surface area (Å²) in [7, 11) is 1.51. The molecule has 0 aromatic heterocycles. The maximum atomic E-state index is 12.0. The lowest BCUT2D eigenvalue weighted by Crippen LogP contribution is -2.25. The van der Waals surface area contributed by atoms with Crippen LogP contribution in [0.15, 0.2) is 18.2 Å². The number of hydrogen-bond acceptors (Lipinski definition) is 3. The topological polar surface area (TPSA) is 47.6 Å². The molecule has 4 nitrogen and oxygen atoms in total. The van der Waals surface area contributed by atoms with E-state index in [9.17, 15) is 4.79 Å². The zero-order chi connectivity index (χ0) is 14.1. The first kappa shape index (κ1) is 16.1. The van der Waals surface area contributed by atoms with E-state index in [1.54, 1.807) is 18.2 Å². The molecule has 0 atom stereocenters. The van der Waals surface area contributed by atoms with Crippen LogP contribution in [-0.2, 0) is 4.74 Å². The summed E-state index contributed by atoms with van der Waals surface area (Å²) in [6, 6.07) is 4.93. The van der Waals surface area contributed by atoms with Crippen LogP contribution in [0.1, 0.15) is 16.8 Å². The molecule has 1 aromatic carbocycles. The number of carbonyl (C=O) groups excluding carboxylic acids is 1. The predicted molar refractivity (Wildman–Crippen MR) is 76.5 cm³/mol. The van der Waals surface area contributed by atoms with Gasteiger partial charge in [0, 0.05) is 24.1 Å². The Morgan fingerprint density at radius 1 is 1.37 bits per heavy atom. The van der Waals surface area contributed by atoms with E-state index in [4.69, 9.17) is 32.7 Å². The van der Waals surface area contributed by atoms with Gasteiger partial charge in [-0.05, 0) is 24.6 Å². The maximum Gasteiger partial charge on any atom is 0.255 e. The summed E-state index contributed by atoms with van der Waals surface area (Å²) in [4.78, 5) is 12.0. The highest BCUT2D eigenvalue weighted by Gasteiger charge is 2.12. The van der Waals surface area contributed by atoms with Crippen molar-refractivity contribution < 1.29 is 14.3 Å². The molecule has 19 heavy (non-hydrogen) atoms. The van der Waals surface area contributed by atoms with E-state index in [0.29, 0.717) is 42.0 Å². The summed E-state index contributed by atoms with van der Waals surface area (Å²) in [6.45, 7) is 1.62. The number of nitrogens with one attached hydrogen (secondary N) is 1. The van der Waals surface area contributed by atoms with E-state index in [2.05, 4.69) is 5.32 Å². The molecule has 0 saturated heterocycles. The van der Waals surface area contributed by atoms with Gasteiger partial charge in [-0.25, -0.2) is 0 Å². The molecule has 0 aliphatic heterocycles. The van der Waals surface area contributed by atoms with Crippen LogP contribution in [0.5, 0.6) is 5.75 Å². The molecule has 0 bridgehead atoms. The number of rotatable bonds is 8. The van der Waals surface area contributed by atoms with Crippen LogP contribution in [0.25, 0.3) is 0 Å². The van der Waals surface area contributed by atoms with Crippen LogP contribution in [0, 0.1) is 0 Å². The molecule has 1 amide bonds. The number of halogens is 2. The Hall–Kier alpha value is -0.970. The Labute approximate surface area is 123 Å². The minimum atomic E-state index is -0.211. The lowest BCUT2D eigenvalue weighted by atomic mass is 10.2. The van der Waals surface area contributed by atoms with Crippen LogP contribution < -0.4 is 10.1 Å². The lowest BCUT2D eigenvalue weighted by molar-refractivity contribution is 0.0941. The fraction of sp³-hybridized carbons (Fsp3) is 0.462. The van der Waals surface area contributed by atoms with Crippen LogP contribution in [0.2, 0.25) is 5.02 Å². The highest BCUT2D eigenvalue weighted by Crippen LogP contribution is 2.22. The second-order valence-electron chi connectivity index (χ2n) is 3.76. The van der Waals surface area contributed by atoms with Crippen molar-refractivity contribution in [1.82, 2.24) is 5.32 Å². The standard InChI is InChI=1S/C13H17Cl2NO3/c1-18-12-4-3-10(15)9-11(12)13(17)16-6-2-7-19-8-5-14/h3-4,9H,2,5-8H2,1H3,(H,16,17). The molecule has 1 rings (SSSR count). The summed E-state index contributed by atoms with van der Waals surface area (Å²) in [5, 5.41) is 3.28. The average molecular weight is 306 g/mol. The first-order valence-electron chi connectivity index (χ1n) is 5.94. The van der Waals surface area contributed by atoms with Gasteiger partial charge in [0.25, 0.3) is 5.91 Å². The van der Waals surface area contributed by atoms with Gasteiger partial charge >= 0.3 is 0 Å². The van der Waals surface area contributed by atoms with Crippen molar-refractivity contribution in [3.8, 4) is 5.75 Å². The average Bonchev–Trinajstić information content (AvgIpc) is 2.42. The highest BCUT2D eigenvalue weighted by molar-refractivity contribution is 6.31. The van der Waals surface area contributed by atoms with Crippen LogP contribution in [0.3, 0.4) is 0 Å². The lowest BCUT2D eigenvalue weighted by Gasteiger charge is -2.09.